The molecule has 0 bridgehead atoms. The third-order valence-corrected chi connectivity index (χ3v) is 3.62. The summed E-state index contributed by atoms with van der Waals surface area (Å²) in [5.74, 6) is -0.340. The van der Waals surface area contributed by atoms with Crippen LogP contribution < -0.4 is 5.32 Å². The summed E-state index contributed by atoms with van der Waals surface area (Å²) in [5, 5.41) is 32.0. The lowest BCUT2D eigenvalue weighted by atomic mass is 9.95. The normalized spacial score (nSPS) is 49.1. The third kappa shape index (κ3) is 1.62. The monoisotopic (exact) mass is 230 g/mol. The van der Waals surface area contributed by atoms with Crippen molar-refractivity contribution in [1.29, 1.82) is 0 Å². The first kappa shape index (κ1) is 11.8. The molecule has 2 fully saturated rings. The number of likely N-dealkylation sites (tertiary alicyclic amines) is 1. The second-order valence-corrected chi connectivity index (χ2v) is 4.95. The quantitative estimate of drug-likeness (QED) is 0.405. The van der Waals surface area contributed by atoms with Crippen LogP contribution in [0.5, 0.6) is 0 Å². The van der Waals surface area contributed by atoms with Gasteiger partial charge in [0.05, 0.1) is 24.3 Å². The first-order valence-corrected chi connectivity index (χ1v) is 5.44. The SMILES string of the molecule is CN1C(=O)[C@](C)(O)C[C@@H]1[C@H]1NC[C@@H](O)[C@@H]1O. The van der Waals surface area contributed by atoms with Gasteiger partial charge < -0.3 is 25.5 Å². The first-order valence-electron chi connectivity index (χ1n) is 5.44. The number of rotatable bonds is 1. The molecule has 0 aromatic carbocycles. The maximum absolute atomic E-state index is 11.7. The number of amides is 1. The van der Waals surface area contributed by atoms with Gasteiger partial charge in [0.15, 0.2) is 0 Å². The molecule has 5 atom stereocenters. The maximum Gasteiger partial charge on any atom is 0.254 e. The Morgan fingerprint density at radius 3 is 2.50 bits per heavy atom. The highest BCUT2D eigenvalue weighted by molar-refractivity contribution is 5.87. The number of nitrogens with zero attached hydrogens (tertiary/aromatic N) is 1. The van der Waals surface area contributed by atoms with Crippen molar-refractivity contribution in [2.75, 3.05) is 13.6 Å². The number of β-amino-alcohol motifs (C(OH)–C–C–N with tert-alkyl or cyclic N) is 1. The minimum atomic E-state index is -1.37. The summed E-state index contributed by atoms with van der Waals surface area (Å²) in [7, 11) is 1.60. The fourth-order valence-electron chi connectivity index (χ4n) is 2.63. The first-order chi connectivity index (χ1) is 7.34. The van der Waals surface area contributed by atoms with Gasteiger partial charge in [-0.15, -0.1) is 0 Å². The Morgan fingerprint density at radius 1 is 1.50 bits per heavy atom. The number of nitrogens with one attached hydrogen (secondary N) is 1. The average Bonchev–Trinajstić information content (AvgIpc) is 2.63. The molecular weight excluding hydrogens is 212 g/mol. The standard InChI is InChI=1S/C10H18N2O4/c1-10(16)3-5(12(2)9(10)15)7-8(14)6(13)4-11-7/h5-8,11,13-14,16H,3-4H2,1-2H3/t5-,6-,7-,8+,10-/m1/s1. The van der Waals surface area contributed by atoms with E-state index in [9.17, 15) is 20.1 Å². The van der Waals surface area contributed by atoms with Crippen LogP contribution in [-0.4, -0.2) is 69.6 Å². The highest BCUT2D eigenvalue weighted by Crippen LogP contribution is 2.31. The van der Waals surface area contributed by atoms with E-state index in [0.717, 1.165) is 0 Å². The van der Waals surface area contributed by atoms with Gasteiger partial charge in [-0.1, -0.05) is 0 Å². The highest BCUT2D eigenvalue weighted by atomic mass is 16.3. The molecule has 0 saturated carbocycles. The summed E-state index contributed by atoms with van der Waals surface area (Å²) in [6.45, 7) is 1.79. The van der Waals surface area contributed by atoms with Gasteiger partial charge in [0.1, 0.15) is 5.60 Å². The Balaban J connectivity index is 2.15. The topological polar surface area (TPSA) is 93.0 Å². The molecule has 0 spiro atoms. The lowest BCUT2D eigenvalue weighted by Crippen LogP contribution is -2.49. The average molecular weight is 230 g/mol. The second-order valence-electron chi connectivity index (χ2n) is 4.95. The van der Waals surface area contributed by atoms with E-state index in [1.807, 2.05) is 0 Å². The molecule has 2 rings (SSSR count). The smallest absolute Gasteiger partial charge is 0.254 e. The number of aliphatic hydroxyl groups is 3. The Kier molecular flexibility index (Phi) is 2.70. The molecule has 1 amide bonds. The number of carbonyl (C=O) groups is 1. The van der Waals surface area contributed by atoms with Gasteiger partial charge in [0, 0.05) is 20.0 Å². The molecule has 2 heterocycles. The third-order valence-electron chi connectivity index (χ3n) is 3.62. The molecule has 16 heavy (non-hydrogen) atoms. The van der Waals surface area contributed by atoms with Crippen LogP contribution in [0.25, 0.3) is 0 Å². The van der Waals surface area contributed by atoms with E-state index in [1.165, 1.54) is 11.8 Å². The van der Waals surface area contributed by atoms with E-state index in [2.05, 4.69) is 5.32 Å². The summed E-state index contributed by atoms with van der Waals surface area (Å²) in [4.78, 5) is 13.1. The predicted octanol–water partition coefficient (Wildman–Crippen LogP) is -2.34. The Labute approximate surface area is 93.9 Å². The number of hydrogen-bond acceptors (Lipinski definition) is 5. The van der Waals surface area contributed by atoms with Gasteiger partial charge >= 0.3 is 0 Å². The molecule has 0 aromatic rings. The van der Waals surface area contributed by atoms with Crippen LogP contribution in [0.3, 0.4) is 0 Å². The van der Waals surface area contributed by atoms with Gasteiger partial charge in [0.25, 0.3) is 5.91 Å². The fourth-order valence-corrected chi connectivity index (χ4v) is 2.63. The Bertz CT molecular complexity index is 307. The minimum Gasteiger partial charge on any atom is -0.389 e. The number of aliphatic hydroxyl groups excluding tert-OH is 2. The van der Waals surface area contributed by atoms with Crippen molar-refractivity contribution in [3.05, 3.63) is 0 Å². The molecule has 0 aromatic heterocycles. The maximum atomic E-state index is 11.7. The molecule has 2 saturated heterocycles. The Hall–Kier alpha value is -0.690. The highest BCUT2D eigenvalue weighted by Gasteiger charge is 2.51. The van der Waals surface area contributed by atoms with Crippen LogP contribution in [0.4, 0.5) is 0 Å². The molecule has 6 nitrogen and oxygen atoms in total. The zero-order valence-electron chi connectivity index (χ0n) is 9.42. The minimum absolute atomic E-state index is 0.268. The van der Waals surface area contributed by atoms with Crippen LogP contribution in [0.2, 0.25) is 0 Å². The number of carbonyl (C=O) groups excluding carboxylic acids is 1. The second kappa shape index (κ2) is 3.66. The van der Waals surface area contributed by atoms with Crippen molar-refractivity contribution < 1.29 is 20.1 Å². The van der Waals surface area contributed by atoms with Crippen LogP contribution in [0.1, 0.15) is 13.3 Å². The molecule has 6 heteroatoms. The summed E-state index contributed by atoms with van der Waals surface area (Å²) < 4.78 is 0. The molecule has 0 unspecified atom stereocenters. The van der Waals surface area contributed by atoms with Crippen molar-refractivity contribution in [3.63, 3.8) is 0 Å². The molecule has 4 N–H and O–H groups in total. The lowest BCUT2D eigenvalue weighted by molar-refractivity contribution is -0.141. The Morgan fingerprint density at radius 2 is 2.12 bits per heavy atom. The number of likely N-dealkylation sites (N-methyl/N-ethyl adjacent to an activating group) is 1. The summed E-state index contributed by atoms with van der Waals surface area (Å²) in [6.07, 6.45) is -1.43. The molecule has 0 radical (unpaired) electrons. The lowest BCUT2D eigenvalue weighted by Gasteiger charge is -2.28. The van der Waals surface area contributed by atoms with Crippen molar-refractivity contribution in [2.45, 2.75) is 43.2 Å². The van der Waals surface area contributed by atoms with Crippen molar-refractivity contribution in [2.24, 2.45) is 0 Å². The van der Waals surface area contributed by atoms with Crippen LogP contribution in [-0.2, 0) is 4.79 Å². The molecule has 2 aliphatic heterocycles. The zero-order chi connectivity index (χ0) is 12.1. The van der Waals surface area contributed by atoms with Crippen molar-refractivity contribution in [1.82, 2.24) is 10.2 Å². The molecule has 0 aliphatic carbocycles. The van der Waals surface area contributed by atoms with E-state index < -0.39 is 17.8 Å². The van der Waals surface area contributed by atoms with Crippen molar-refractivity contribution in [3.8, 4) is 0 Å². The van der Waals surface area contributed by atoms with Crippen LogP contribution in [0, 0.1) is 0 Å². The van der Waals surface area contributed by atoms with Gasteiger partial charge in [-0.2, -0.15) is 0 Å². The van der Waals surface area contributed by atoms with E-state index in [0.29, 0.717) is 6.54 Å². The predicted molar refractivity (Wildman–Crippen MR) is 55.6 cm³/mol. The van der Waals surface area contributed by atoms with Gasteiger partial charge in [-0.25, -0.2) is 0 Å². The van der Waals surface area contributed by atoms with E-state index >= 15 is 0 Å². The van der Waals surface area contributed by atoms with Crippen molar-refractivity contribution >= 4 is 5.91 Å². The summed E-state index contributed by atoms with van der Waals surface area (Å²) in [6, 6.07) is -0.660. The molecule has 2 aliphatic rings. The zero-order valence-corrected chi connectivity index (χ0v) is 9.42. The molecule has 92 valence electrons. The molecular formula is C10H18N2O4. The van der Waals surface area contributed by atoms with E-state index in [-0.39, 0.29) is 24.4 Å². The van der Waals surface area contributed by atoms with Gasteiger partial charge in [-0.3, -0.25) is 4.79 Å². The largest absolute Gasteiger partial charge is 0.389 e. The van der Waals surface area contributed by atoms with Gasteiger partial charge in [0.2, 0.25) is 0 Å². The number of hydrogen-bond donors (Lipinski definition) is 4. The van der Waals surface area contributed by atoms with Crippen LogP contribution >= 0.6 is 0 Å². The summed E-state index contributed by atoms with van der Waals surface area (Å²) >= 11 is 0. The summed E-state index contributed by atoms with van der Waals surface area (Å²) in [5.41, 5.74) is -1.37. The van der Waals surface area contributed by atoms with E-state index in [1.54, 1.807) is 7.05 Å². The fraction of sp³-hybridized carbons (Fsp3) is 0.900. The van der Waals surface area contributed by atoms with E-state index in [4.69, 9.17) is 0 Å². The van der Waals surface area contributed by atoms with Crippen LogP contribution in [0.15, 0.2) is 0 Å². The van der Waals surface area contributed by atoms with Gasteiger partial charge in [-0.05, 0) is 6.92 Å².